The van der Waals surface area contributed by atoms with Crippen LogP contribution in [0.5, 0.6) is 0 Å². The number of amides is 1. The lowest BCUT2D eigenvalue weighted by Gasteiger charge is -2.50. The second-order valence-electron chi connectivity index (χ2n) is 12.2. The quantitative estimate of drug-likeness (QED) is 0.101. The summed E-state index contributed by atoms with van der Waals surface area (Å²) in [7, 11) is 0. The molecule has 1 amide bonds. The lowest BCUT2D eigenvalue weighted by Crippen LogP contribution is -2.70. The van der Waals surface area contributed by atoms with E-state index in [4.69, 9.17) is 33.2 Å². The van der Waals surface area contributed by atoms with Crippen molar-refractivity contribution in [3.63, 3.8) is 0 Å². The van der Waals surface area contributed by atoms with Crippen molar-refractivity contribution in [3.05, 3.63) is 0 Å². The van der Waals surface area contributed by atoms with Gasteiger partial charge in [0, 0.05) is 6.92 Å². The molecular formula is C27H47NO19. The largest absolute Gasteiger partial charge is 0.394 e. The molecule has 4 saturated heterocycles. The molecule has 12 N–H and O–H groups in total. The molecule has 4 heterocycles. The summed E-state index contributed by atoms with van der Waals surface area (Å²) in [6.07, 6.45) is -30.0. The van der Waals surface area contributed by atoms with E-state index in [2.05, 4.69) is 5.32 Å². The molecule has 0 spiro atoms. The number of aliphatic hydroxyl groups excluding tert-OH is 11. The summed E-state index contributed by atoms with van der Waals surface area (Å²) < 4.78 is 39.9. The van der Waals surface area contributed by atoms with Crippen molar-refractivity contribution < 1.29 is 94.1 Å². The minimum Gasteiger partial charge on any atom is -0.394 e. The number of hydrogen-bond donors (Lipinski definition) is 12. The molecule has 4 aliphatic heterocycles. The molecule has 0 aromatic heterocycles. The molecule has 0 aromatic carbocycles. The Bertz CT molecular complexity index is 1010. The number of carbonyl (C=O) groups is 1. The molecule has 4 fully saturated rings. The molecule has 0 saturated carbocycles. The zero-order valence-corrected chi connectivity index (χ0v) is 25.9. The zero-order chi connectivity index (χ0) is 34.9. The Kier molecular flexibility index (Phi) is 13.3. The second kappa shape index (κ2) is 16.2. The smallest absolute Gasteiger partial charge is 0.217 e. The SMILES string of the molecule is CC(=O)NC1[C@H](O[C@@H]2C(O)[C@H](C)OC(CO)[C@@H]2O)OC(CO)[C@H](O)[C@@H]1O[C@@H]1OC(CO)[C@H](O)[C@H](O)C1O[C@@H]1OC(C)[C@@H](O)[C@H](O)C1O. The van der Waals surface area contributed by atoms with Crippen molar-refractivity contribution in [2.45, 2.75) is 143 Å². The number of ether oxygens (including phenoxy) is 7. The molecule has 8 unspecified atom stereocenters. The van der Waals surface area contributed by atoms with Crippen LogP contribution in [0.15, 0.2) is 0 Å². The first-order valence-corrected chi connectivity index (χ1v) is 15.3. The number of aliphatic hydroxyl groups is 11. The molecular weight excluding hydrogens is 642 g/mol. The Morgan fingerprint density at radius 2 is 1.02 bits per heavy atom. The van der Waals surface area contributed by atoms with Crippen molar-refractivity contribution in [2.24, 2.45) is 0 Å². The van der Waals surface area contributed by atoms with Crippen LogP contribution < -0.4 is 5.32 Å². The predicted molar refractivity (Wildman–Crippen MR) is 148 cm³/mol. The number of hydrogen-bond acceptors (Lipinski definition) is 19. The molecule has 0 aliphatic carbocycles. The summed E-state index contributed by atoms with van der Waals surface area (Å²) in [5.74, 6) is -0.702. The van der Waals surface area contributed by atoms with E-state index in [1.807, 2.05) is 0 Å². The Labute approximate surface area is 268 Å². The normalized spacial score (nSPS) is 51.0. The van der Waals surface area contributed by atoms with Crippen LogP contribution in [0.4, 0.5) is 0 Å². The highest BCUT2D eigenvalue weighted by molar-refractivity contribution is 5.73. The van der Waals surface area contributed by atoms with Gasteiger partial charge in [-0.3, -0.25) is 4.79 Å². The number of carbonyl (C=O) groups excluding carboxylic acids is 1. The fourth-order valence-electron chi connectivity index (χ4n) is 6.06. The van der Waals surface area contributed by atoms with Gasteiger partial charge >= 0.3 is 0 Å². The van der Waals surface area contributed by atoms with Gasteiger partial charge in [0.05, 0.1) is 32.0 Å². The van der Waals surface area contributed by atoms with Gasteiger partial charge in [0.25, 0.3) is 0 Å². The fourth-order valence-corrected chi connectivity index (χ4v) is 6.06. The summed E-state index contributed by atoms with van der Waals surface area (Å²) in [4.78, 5) is 12.4. The van der Waals surface area contributed by atoms with Crippen LogP contribution in [-0.4, -0.2) is 204 Å². The molecule has 274 valence electrons. The first-order valence-electron chi connectivity index (χ1n) is 15.3. The second-order valence-corrected chi connectivity index (χ2v) is 12.2. The van der Waals surface area contributed by atoms with Crippen molar-refractivity contribution in [3.8, 4) is 0 Å². The molecule has 0 aromatic rings. The van der Waals surface area contributed by atoms with Crippen LogP contribution in [0.3, 0.4) is 0 Å². The van der Waals surface area contributed by atoms with E-state index in [0.29, 0.717) is 0 Å². The highest BCUT2D eigenvalue weighted by Crippen LogP contribution is 2.34. The first-order chi connectivity index (χ1) is 22.1. The van der Waals surface area contributed by atoms with E-state index >= 15 is 0 Å². The Balaban J connectivity index is 1.66. The van der Waals surface area contributed by atoms with E-state index in [-0.39, 0.29) is 0 Å². The lowest BCUT2D eigenvalue weighted by molar-refractivity contribution is -0.384. The Morgan fingerprint density at radius 1 is 0.532 bits per heavy atom. The summed E-state index contributed by atoms with van der Waals surface area (Å²) >= 11 is 0. The Hall–Kier alpha value is -1.25. The van der Waals surface area contributed by atoms with Crippen molar-refractivity contribution in [1.82, 2.24) is 5.32 Å². The molecule has 4 aliphatic rings. The van der Waals surface area contributed by atoms with Crippen LogP contribution in [0, 0.1) is 0 Å². The molecule has 47 heavy (non-hydrogen) atoms. The average Bonchev–Trinajstić information content (AvgIpc) is 3.03. The lowest BCUT2D eigenvalue weighted by atomic mass is 9.93. The number of rotatable bonds is 10. The van der Waals surface area contributed by atoms with E-state index in [1.165, 1.54) is 13.8 Å². The standard InChI is InChI=1S/C27H47NO19/c1-7-14(33)19(38)21(40)26(42-7)47-24-20(39)16(35)10(4-29)44-27(24)45-22-13(28-9(3)32)25(43-12(6-31)17(22)36)46-23-15(34)8(2)41-11(5-30)18(23)37/h7-8,10-27,29-31,33-40H,4-6H2,1-3H3,(H,28,32)/t7?,8-,10?,11?,12?,13?,14+,15?,16-,17-,18-,19-,20-,21?,22+,23+,24?,25-,26-,27-/m0/s1. The van der Waals surface area contributed by atoms with Crippen LogP contribution >= 0.6 is 0 Å². The fraction of sp³-hybridized carbons (Fsp3) is 0.963. The molecule has 0 radical (unpaired) electrons. The highest BCUT2D eigenvalue weighted by atomic mass is 16.8. The van der Waals surface area contributed by atoms with Crippen molar-refractivity contribution >= 4 is 5.91 Å². The predicted octanol–water partition coefficient (Wildman–Crippen LogP) is -7.51. The van der Waals surface area contributed by atoms with E-state index in [9.17, 15) is 61.0 Å². The Morgan fingerprint density at radius 3 is 1.62 bits per heavy atom. The van der Waals surface area contributed by atoms with Gasteiger partial charge in [0.15, 0.2) is 18.9 Å². The third-order valence-corrected chi connectivity index (χ3v) is 8.83. The van der Waals surface area contributed by atoms with Gasteiger partial charge in [-0.2, -0.15) is 0 Å². The van der Waals surface area contributed by atoms with Gasteiger partial charge < -0.3 is 94.6 Å². The van der Waals surface area contributed by atoms with E-state index < -0.39 is 148 Å². The van der Waals surface area contributed by atoms with Gasteiger partial charge in [-0.25, -0.2) is 0 Å². The summed E-state index contributed by atoms with van der Waals surface area (Å²) in [5, 5.41) is 117. The molecule has 4 rings (SSSR count). The molecule has 20 nitrogen and oxygen atoms in total. The topological polar surface area (TPSA) is 316 Å². The minimum absolute atomic E-state index is 0.642. The summed E-state index contributed by atoms with van der Waals surface area (Å²) in [6.45, 7) is 1.62. The van der Waals surface area contributed by atoms with Gasteiger partial charge in [-0.05, 0) is 13.8 Å². The van der Waals surface area contributed by atoms with E-state index in [0.717, 1.165) is 6.92 Å². The highest BCUT2D eigenvalue weighted by Gasteiger charge is 2.55. The minimum atomic E-state index is -1.91. The summed E-state index contributed by atoms with van der Waals surface area (Å²) in [6, 6.07) is -1.51. The van der Waals surface area contributed by atoms with E-state index in [1.54, 1.807) is 0 Å². The van der Waals surface area contributed by atoms with Crippen LogP contribution in [0.2, 0.25) is 0 Å². The van der Waals surface area contributed by atoms with Gasteiger partial charge in [-0.15, -0.1) is 0 Å². The third kappa shape index (κ3) is 8.06. The average molecular weight is 690 g/mol. The molecule has 0 bridgehead atoms. The van der Waals surface area contributed by atoms with Crippen LogP contribution in [-0.2, 0) is 38.0 Å². The van der Waals surface area contributed by atoms with Gasteiger partial charge in [0.2, 0.25) is 5.91 Å². The maximum atomic E-state index is 12.4. The molecule has 20 heteroatoms. The zero-order valence-electron chi connectivity index (χ0n) is 25.9. The summed E-state index contributed by atoms with van der Waals surface area (Å²) in [5.41, 5.74) is 0. The van der Waals surface area contributed by atoms with Crippen LogP contribution in [0.1, 0.15) is 20.8 Å². The van der Waals surface area contributed by atoms with Crippen LogP contribution in [0.25, 0.3) is 0 Å². The van der Waals surface area contributed by atoms with Crippen molar-refractivity contribution in [2.75, 3.05) is 19.8 Å². The third-order valence-electron chi connectivity index (χ3n) is 8.83. The maximum Gasteiger partial charge on any atom is 0.217 e. The number of nitrogens with one attached hydrogen (secondary N) is 1. The molecule has 20 atom stereocenters. The van der Waals surface area contributed by atoms with Crippen molar-refractivity contribution in [1.29, 1.82) is 0 Å². The van der Waals surface area contributed by atoms with Gasteiger partial charge in [0.1, 0.15) is 91.5 Å². The monoisotopic (exact) mass is 689 g/mol. The first kappa shape index (κ1) is 38.6. The van der Waals surface area contributed by atoms with Gasteiger partial charge in [-0.1, -0.05) is 0 Å². The maximum absolute atomic E-state index is 12.4.